The van der Waals surface area contributed by atoms with Gasteiger partial charge in [0.25, 0.3) is 11.5 Å². The summed E-state index contributed by atoms with van der Waals surface area (Å²) in [5.74, 6) is 0.845. The highest BCUT2D eigenvalue weighted by Crippen LogP contribution is 2.24. The molecule has 182 valence electrons. The van der Waals surface area contributed by atoms with E-state index in [0.29, 0.717) is 29.2 Å². The molecule has 4 aromatic heterocycles. The Kier molecular flexibility index (Phi) is 7.38. The lowest BCUT2D eigenvalue weighted by Gasteiger charge is -2.22. The summed E-state index contributed by atoms with van der Waals surface area (Å²) in [6.07, 6.45) is 9.18. The molecule has 0 aliphatic heterocycles. The zero-order chi connectivity index (χ0) is 24.9. The molecule has 1 fully saturated rings. The molecule has 35 heavy (non-hydrogen) atoms. The number of methoxy groups -OCH3 is 1. The molecule has 0 saturated heterocycles. The highest BCUT2D eigenvalue weighted by atomic mass is 31.0. The van der Waals surface area contributed by atoms with Gasteiger partial charge in [0.2, 0.25) is 0 Å². The van der Waals surface area contributed by atoms with Gasteiger partial charge in [0.05, 0.1) is 12.3 Å². The molecule has 4 aromatic rings. The fraction of sp³-hybridized carbons (Fsp3) is 0.261. The number of hydrogen-bond donors (Lipinski definition) is 2. The van der Waals surface area contributed by atoms with Gasteiger partial charge in [0.1, 0.15) is 28.7 Å². The van der Waals surface area contributed by atoms with Crippen LogP contribution in [0.2, 0.25) is 0 Å². The number of carbonyl (C=O) groups excluding carboxylic acids is 1. The molecule has 1 atom stereocenters. The van der Waals surface area contributed by atoms with E-state index in [9.17, 15) is 9.59 Å². The Hall–Kier alpha value is -3.82. The van der Waals surface area contributed by atoms with Crippen LogP contribution in [0, 0.1) is 0 Å². The van der Waals surface area contributed by atoms with E-state index in [1.165, 1.54) is 34.5 Å². The fourth-order valence-electron chi connectivity index (χ4n) is 3.45. The maximum atomic E-state index is 12.9. The molecular weight excluding hydrogens is 467 g/mol. The van der Waals surface area contributed by atoms with Crippen LogP contribution in [0.3, 0.4) is 0 Å². The van der Waals surface area contributed by atoms with E-state index in [0.717, 1.165) is 0 Å². The molecule has 11 nitrogen and oxygen atoms in total. The summed E-state index contributed by atoms with van der Waals surface area (Å²) in [6.45, 7) is 0. The minimum atomic E-state index is -0.640. The van der Waals surface area contributed by atoms with E-state index in [2.05, 4.69) is 29.8 Å². The molecule has 0 aromatic carbocycles. The third kappa shape index (κ3) is 5.31. The number of nitrogens with one attached hydrogen (secondary N) is 1. The van der Waals surface area contributed by atoms with Crippen molar-refractivity contribution in [1.82, 2.24) is 24.1 Å². The average molecular weight is 494 g/mol. The van der Waals surface area contributed by atoms with Crippen LogP contribution in [-0.2, 0) is 4.74 Å². The van der Waals surface area contributed by atoms with Crippen LogP contribution in [0.25, 0.3) is 11.5 Å². The number of ether oxygens (including phenoxy) is 1. The summed E-state index contributed by atoms with van der Waals surface area (Å²) in [7, 11) is 6.09. The van der Waals surface area contributed by atoms with Crippen LogP contribution in [0.5, 0.6) is 0 Å². The summed E-state index contributed by atoms with van der Waals surface area (Å²) in [4.78, 5) is 33.3. The van der Waals surface area contributed by atoms with E-state index >= 15 is 0 Å². The monoisotopic (exact) mass is 494 g/mol. The van der Waals surface area contributed by atoms with Gasteiger partial charge in [-0.1, -0.05) is 6.07 Å². The van der Waals surface area contributed by atoms with Crippen molar-refractivity contribution >= 4 is 38.3 Å². The van der Waals surface area contributed by atoms with Gasteiger partial charge in [-0.05, 0) is 52.9 Å². The Morgan fingerprint density at radius 2 is 2.09 bits per heavy atom. The second kappa shape index (κ2) is 10.6. The zero-order valence-electron chi connectivity index (χ0n) is 19.5. The minimum Gasteiger partial charge on any atom is -0.381 e. The Morgan fingerprint density at radius 1 is 1.29 bits per heavy atom. The van der Waals surface area contributed by atoms with Crippen LogP contribution in [-0.4, -0.2) is 50.3 Å². The number of rotatable bonds is 6. The fourth-order valence-corrected chi connectivity index (χ4v) is 3.63. The van der Waals surface area contributed by atoms with Crippen LogP contribution in [0.1, 0.15) is 29.6 Å². The molecule has 1 unspecified atom stereocenters. The highest BCUT2D eigenvalue weighted by molar-refractivity contribution is 7.18. The molecule has 0 bridgehead atoms. The number of pyridine rings is 2. The molecule has 12 heteroatoms. The number of fused-ring (bicyclic) bond motifs is 1. The summed E-state index contributed by atoms with van der Waals surface area (Å²) >= 11 is 0. The van der Waals surface area contributed by atoms with Gasteiger partial charge in [-0.15, -0.1) is 0 Å². The smallest absolute Gasteiger partial charge is 0.279 e. The minimum absolute atomic E-state index is 0.181. The van der Waals surface area contributed by atoms with Gasteiger partial charge < -0.3 is 20.5 Å². The topological polar surface area (TPSA) is 133 Å². The van der Waals surface area contributed by atoms with Crippen molar-refractivity contribution in [2.75, 3.05) is 24.1 Å². The molecule has 1 amide bonds. The first-order chi connectivity index (χ1) is 16.9. The molecule has 5 rings (SSSR count). The third-order valence-corrected chi connectivity index (χ3v) is 5.84. The van der Waals surface area contributed by atoms with E-state index in [1.54, 1.807) is 67.6 Å². The van der Waals surface area contributed by atoms with Crippen molar-refractivity contribution in [3.63, 3.8) is 0 Å². The van der Waals surface area contributed by atoms with E-state index in [-0.39, 0.29) is 16.8 Å². The Bertz CT molecular complexity index is 1380. The summed E-state index contributed by atoms with van der Waals surface area (Å²) in [5.41, 5.74) is 5.90. The van der Waals surface area contributed by atoms with Gasteiger partial charge in [0.15, 0.2) is 5.65 Å². The van der Waals surface area contributed by atoms with Crippen molar-refractivity contribution in [3.8, 4) is 5.82 Å². The van der Waals surface area contributed by atoms with Crippen LogP contribution < -0.4 is 21.3 Å². The Balaban J connectivity index is 0.000000421. The van der Waals surface area contributed by atoms with Gasteiger partial charge in [-0.2, -0.15) is 9.61 Å². The largest absolute Gasteiger partial charge is 0.381 e. The highest BCUT2D eigenvalue weighted by Gasteiger charge is 2.17. The molecule has 3 N–H and O–H groups in total. The maximum Gasteiger partial charge on any atom is 0.279 e. The molecule has 1 saturated carbocycles. The van der Waals surface area contributed by atoms with E-state index < -0.39 is 5.91 Å². The number of primary amides is 1. The number of anilines is 3. The lowest BCUT2D eigenvalue weighted by molar-refractivity contribution is 0.0412. The molecular formula is C23H27N8O3P. The van der Waals surface area contributed by atoms with Crippen molar-refractivity contribution in [2.45, 2.75) is 25.4 Å². The van der Waals surface area contributed by atoms with E-state index in [1.807, 2.05) is 0 Å². The molecule has 4 heterocycles. The average Bonchev–Trinajstić information content (AvgIpc) is 3.24. The normalized spacial score (nSPS) is 13.0. The van der Waals surface area contributed by atoms with Gasteiger partial charge in [-0.3, -0.25) is 14.2 Å². The van der Waals surface area contributed by atoms with Crippen LogP contribution in [0.15, 0.2) is 59.8 Å². The molecule has 1 aliphatic rings. The predicted octanol–water partition coefficient (Wildman–Crippen LogP) is 2.53. The number of hydrogen-bond acceptors (Lipinski definition) is 8. The first-order valence-electron chi connectivity index (χ1n) is 11.0. The standard InChI is InChI=1S/C18H17N8O2P.C5H10O/c1-24(29)15-9-13(23-17-11(16(19)27)10-21-26(15)17)22-12-5-4-8-25(18(12)28)14-6-2-3-7-20-14;1-6-5-3-2-4-5/h2-10H,29H2,1H3,(H2,19,27)(H,22,23);5H,2-4H2,1H3. The molecule has 0 spiro atoms. The predicted molar refractivity (Wildman–Crippen MR) is 137 cm³/mol. The third-order valence-electron chi connectivity index (χ3n) is 5.57. The second-order valence-corrected chi connectivity index (χ2v) is 8.74. The second-order valence-electron chi connectivity index (χ2n) is 7.97. The van der Waals surface area contributed by atoms with Crippen molar-refractivity contribution in [2.24, 2.45) is 5.73 Å². The van der Waals surface area contributed by atoms with Crippen molar-refractivity contribution in [3.05, 3.63) is 70.9 Å². The quantitative estimate of drug-likeness (QED) is 0.391. The first kappa shape index (κ1) is 24.3. The van der Waals surface area contributed by atoms with Gasteiger partial charge in [-0.25, -0.2) is 9.97 Å². The number of carbonyl (C=O) groups is 1. The Labute approximate surface area is 204 Å². The van der Waals surface area contributed by atoms with Crippen LogP contribution in [0.4, 0.5) is 17.3 Å². The first-order valence-corrected chi connectivity index (χ1v) is 11.5. The number of nitrogens with two attached hydrogens (primary N) is 1. The molecule has 1 aliphatic carbocycles. The van der Waals surface area contributed by atoms with Crippen molar-refractivity contribution in [1.29, 1.82) is 0 Å². The maximum absolute atomic E-state index is 12.9. The van der Waals surface area contributed by atoms with Crippen LogP contribution >= 0.6 is 9.39 Å². The lowest BCUT2D eigenvalue weighted by atomic mass is 9.96. The summed E-state index contributed by atoms with van der Waals surface area (Å²) in [5, 5.41) is 7.20. The Morgan fingerprint density at radius 3 is 2.66 bits per heavy atom. The number of amides is 1. The summed E-state index contributed by atoms with van der Waals surface area (Å²) in [6, 6.07) is 10.4. The van der Waals surface area contributed by atoms with Crippen molar-refractivity contribution < 1.29 is 9.53 Å². The number of aromatic nitrogens is 5. The SMILES string of the molecule is CN(P)c1cc(Nc2cccn(-c3ccccn3)c2=O)nc2c(C(N)=O)cnn12.COC1CCC1. The zero-order valence-corrected chi connectivity index (χ0v) is 20.6. The number of nitrogens with zero attached hydrogens (tertiary/aromatic N) is 6. The molecule has 0 radical (unpaired) electrons. The van der Waals surface area contributed by atoms with Gasteiger partial charge in [0, 0.05) is 32.6 Å². The van der Waals surface area contributed by atoms with Gasteiger partial charge >= 0.3 is 0 Å². The summed E-state index contributed by atoms with van der Waals surface area (Å²) < 4.78 is 9.64. The van der Waals surface area contributed by atoms with E-state index in [4.69, 9.17) is 10.5 Å². The lowest BCUT2D eigenvalue weighted by Crippen LogP contribution is -2.21.